The van der Waals surface area contributed by atoms with E-state index in [0.29, 0.717) is 4.34 Å². The number of phenols is 2. The van der Waals surface area contributed by atoms with E-state index in [4.69, 9.17) is 16.3 Å². The Morgan fingerprint density at radius 1 is 1.14 bits per heavy atom. The lowest BCUT2D eigenvalue weighted by molar-refractivity contribution is 0.0378. The van der Waals surface area contributed by atoms with Crippen molar-refractivity contribution >= 4 is 40.5 Å². The van der Waals surface area contributed by atoms with Gasteiger partial charge in [0.15, 0.2) is 11.6 Å². The summed E-state index contributed by atoms with van der Waals surface area (Å²) in [6.45, 7) is 3.69. The van der Waals surface area contributed by atoms with Crippen LogP contribution in [0.1, 0.15) is 50.7 Å². The topological polar surface area (TPSA) is 101 Å². The number of carbonyl (C=O) groups is 3. The van der Waals surface area contributed by atoms with Gasteiger partial charge in [-0.05, 0) is 44.2 Å². The largest absolute Gasteiger partial charge is 0.507 e. The summed E-state index contributed by atoms with van der Waals surface area (Å²) >= 11 is 6.90. The molecule has 0 radical (unpaired) electrons. The van der Waals surface area contributed by atoms with Crippen LogP contribution in [0, 0.1) is 0 Å². The molecule has 0 bridgehead atoms. The Bertz CT molecular complexity index is 1070. The Hall–Kier alpha value is -2.90. The van der Waals surface area contributed by atoms with Crippen molar-refractivity contribution in [1.82, 2.24) is 0 Å². The first-order chi connectivity index (χ1) is 13.7. The molecule has 0 spiro atoms. The van der Waals surface area contributed by atoms with E-state index in [2.05, 4.69) is 0 Å². The average Bonchev–Trinajstić information content (AvgIpc) is 3.10. The highest BCUT2D eigenvalue weighted by Gasteiger charge is 2.36. The molecule has 0 saturated carbocycles. The number of benzene rings is 1. The fraction of sp³-hybridized carbons (Fsp3) is 0.190. The molecule has 0 unspecified atom stereocenters. The molecule has 1 aromatic heterocycles. The van der Waals surface area contributed by atoms with Crippen molar-refractivity contribution < 1.29 is 29.3 Å². The number of ether oxygens (including phenoxy) is 1. The van der Waals surface area contributed by atoms with Gasteiger partial charge in [-0.3, -0.25) is 9.59 Å². The second-order valence-electron chi connectivity index (χ2n) is 6.66. The molecule has 1 aliphatic rings. The Balaban J connectivity index is 2.00. The number of ketones is 2. The van der Waals surface area contributed by atoms with E-state index in [1.54, 1.807) is 12.1 Å². The maximum atomic E-state index is 13.0. The van der Waals surface area contributed by atoms with Gasteiger partial charge in [0, 0.05) is 12.0 Å². The fourth-order valence-electron chi connectivity index (χ4n) is 2.91. The van der Waals surface area contributed by atoms with Crippen LogP contribution in [0.25, 0.3) is 0 Å². The Morgan fingerprint density at radius 3 is 2.38 bits per heavy atom. The maximum Gasteiger partial charge on any atom is 0.348 e. The molecule has 0 saturated heterocycles. The first kappa shape index (κ1) is 20.8. The van der Waals surface area contributed by atoms with Gasteiger partial charge in [-0.15, -0.1) is 11.3 Å². The minimum atomic E-state index is -1.05. The molecule has 2 aromatic rings. The number of rotatable bonds is 5. The normalized spacial score (nSPS) is 14.1. The summed E-state index contributed by atoms with van der Waals surface area (Å²) < 4.78 is 5.94. The van der Waals surface area contributed by atoms with Crippen molar-refractivity contribution in [2.75, 3.05) is 0 Å². The van der Waals surface area contributed by atoms with Gasteiger partial charge in [-0.25, -0.2) is 4.79 Å². The SMILES string of the molecule is CC(C)=CC[C@@H](OC(=O)c1ccc(Cl)s1)C1=CC(=O)c2c(O)ccc(O)c2C1=O. The van der Waals surface area contributed by atoms with Crippen LogP contribution in [0.3, 0.4) is 0 Å². The molecule has 8 heteroatoms. The van der Waals surface area contributed by atoms with Crippen molar-refractivity contribution in [3.05, 3.63) is 67.9 Å². The zero-order valence-corrected chi connectivity index (χ0v) is 17.1. The van der Waals surface area contributed by atoms with Gasteiger partial charge < -0.3 is 14.9 Å². The fourth-order valence-corrected chi connectivity index (χ4v) is 3.84. The molecular weight excluding hydrogens is 416 g/mol. The van der Waals surface area contributed by atoms with Crippen LogP contribution in [-0.4, -0.2) is 33.9 Å². The van der Waals surface area contributed by atoms with Crippen molar-refractivity contribution in [3.63, 3.8) is 0 Å². The quantitative estimate of drug-likeness (QED) is 0.403. The molecule has 29 heavy (non-hydrogen) atoms. The van der Waals surface area contributed by atoms with Gasteiger partial charge in [0.25, 0.3) is 0 Å². The zero-order chi connectivity index (χ0) is 21.3. The van der Waals surface area contributed by atoms with E-state index >= 15 is 0 Å². The summed E-state index contributed by atoms with van der Waals surface area (Å²) in [5.41, 5.74) is 0.291. The first-order valence-corrected chi connectivity index (χ1v) is 9.83. The molecule has 1 heterocycles. The predicted molar refractivity (Wildman–Crippen MR) is 109 cm³/mol. The van der Waals surface area contributed by atoms with Gasteiger partial charge in [-0.2, -0.15) is 0 Å². The van der Waals surface area contributed by atoms with Crippen molar-refractivity contribution in [2.24, 2.45) is 0 Å². The number of thiophene rings is 1. The van der Waals surface area contributed by atoms with E-state index in [1.807, 2.05) is 13.8 Å². The van der Waals surface area contributed by atoms with Crippen LogP contribution >= 0.6 is 22.9 Å². The van der Waals surface area contributed by atoms with E-state index in [0.717, 1.165) is 35.1 Å². The molecule has 150 valence electrons. The maximum absolute atomic E-state index is 13.0. The predicted octanol–water partition coefficient (Wildman–Crippen LogP) is 4.70. The third-order valence-corrected chi connectivity index (χ3v) is 5.51. The number of fused-ring (bicyclic) bond motifs is 1. The van der Waals surface area contributed by atoms with Gasteiger partial charge >= 0.3 is 5.97 Å². The summed E-state index contributed by atoms with van der Waals surface area (Å²) in [7, 11) is 0. The Kier molecular flexibility index (Phi) is 5.91. The lowest BCUT2D eigenvalue weighted by atomic mass is 9.85. The number of Topliss-reactive ketones (excluding diaryl/α,β-unsaturated/α-hetero) is 1. The van der Waals surface area contributed by atoms with Crippen LogP contribution < -0.4 is 0 Å². The number of halogens is 1. The summed E-state index contributed by atoms with van der Waals surface area (Å²) in [4.78, 5) is 38.3. The van der Waals surface area contributed by atoms with Crippen molar-refractivity contribution in [3.8, 4) is 11.5 Å². The van der Waals surface area contributed by atoms with Crippen LogP contribution in [0.2, 0.25) is 4.34 Å². The number of hydrogen-bond acceptors (Lipinski definition) is 7. The molecule has 1 aliphatic carbocycles. The van der Waals surface area contributed by atoms with Gasteiger partial charge in [0.05, 0.1) is 15.5 Å². The Labute approximate surface area is 175 Å². The van der Waals surface area contributed by atoms with Gasteiger partial charge in [0.2, 0.25) is 0 Å². The summed E-state index contributed by atoms with van der Waals surface area (Å²) in [5, 5.41) is 20.1. The third-order valence-electron chi connectivity index (χ3n) is 4.29. The third kappa shape index (κ3) is 4.26. The molecule has 1 aromatic carbocycles. The summed E-state index contributed by atoms with van der Waals surface area (Å²) in [6.07, 6.45) is 1.93. The minimum absolute atomic E-state index is 0.0723. The molecule has 0 fully saturated rings. The highest BCUT2D eigenvalue weighted by atomic mass is 35.5. The van der Waals surface area contributed by atoms with Gasteiger partial charge in [-0.1, -0.05) is 23.3 Å². The van der Waals surface area contributed by atoms with E-state index in [9.17, 15) is 24.6 Å². The average molecular weight is 433 g/mol. The van der Waals surface area contributed by atoms with Crippen LogP contribution in [0.5, 0.6) is 11.5 Å². The lowest BCUT2D eigenvalue weighted by Gasteiger charge is -2.23. The van der Waals surface area contributed by atoms with Crippen molar-refractivity contribution in [2.45, 2.75) is 26.4 Å². The van der Waals surface area contributed by atoms with Crippen LogP contribution in [0.15, 0.2) is 47.6 Å². The highest BCUT2D eigenvalue weighted by molar-refractivity contribution is 7.17. The number of aromatic hydroxyl groups is 2. The second kappa shape index (κ2) is 8.23. The van der Waals surface area contributed by atoms with E-state index in [-0.39, 0.29) is 28.0 Å². The molecule has 2 N–H and O–H groups in total. The van der Waals surface area contributed by atoms with Crippen LogP contribution in [0.4, 0.5) is 0 Å². The molecule has 0 amide bonds. The number of phenolic OH excluding ortho intramolecular Hbond substituents is 2. The van der Waals surface area contributed by atoms with Gasteiger partial charge in [0.1, 0.15) is 22.5 Å². The molecule has 6 nitrogen and oxygen atoms in total. The Morgan fingerprint density at radius 2 is 1.79 bits per heavy atom. The summed E-state index contributed by atoms with van der Waals surface area (Å²) in [6, 6.07) is 5.33. The number of allylic oxidation sites excluding steroid dienone is 2. The standard InChI is InChI=1S/C21H17ClO6S/c1-10(2)3-6-15(28-21(27)16-7-8-17(22)29-16)11-9-14(25)18-12(23)4-5-13(24)19(18)20(11)26/h3-5,7-9,15,23-24H,6H2,1-2H3/t15-/m1/s1. The zero-order valence-electron chi connectivity index (χ0n) is 15.6. The van der Waals surface area contributed by atoms with Crippen molar-refractivity contribution in [1.29, 1.82) is 0 Å². The summed E-state index contributed by atoms with van der Waals surface area (Å²) in [5.74, 6) is -2.85. The number of carbonyl (C=O) groups excluding carboxylic acids is 3. The second-order valence-corrected chi connectivity index (χ2v) is 8.38. The monoisotopic (exact) mass is 432 g/mol. The molecule has 1 atom stereocenters. The number of hydrogen-bond donors (Lipinski definition) is 2. The first-order valence-electron chi connectivity index (χ1n) is 8.64. The highest BCUT2D eigenvalue weighted by Crippen LogP contribution is 2.36. The molecule has 0 aliphatic heterocycles. The van der Waals surface area contributed by atoms with E-state index in [1.165, 1.54) is 6.07 Å². The smallest absolute Gasteiger partial charge is 0.348 e. The lowest BCUT2D eigenvalue weighted by Crippen LogP contribution is -2.29. The van der Waals surface area contributed by atoms with Crippen LogP contribution in [-0.2, 0) is 4.74 Å². The minimum Gasteiger partial charge on any atom is -0.507 e. The number of esters is 1. The molecule has 3 rings (SSSR count). The molecular formula is C21H17ClO6S. The van der Waals surface area contributed by atoms with E-state index < -0.39 is 35.1 Å².